The molecule has 0 aromatic heterocycles. The second-order valence-electron chi connectivity index (χ2n) is 5.94. The standard InChI is InChI=1S/C17H21BrN2O2/c1-2-14-8-3-4-9-20(14)17(21)16-11-15(19-22-16)12-6-5-7-13(18)10-12/h5-7,10,14,16H,2-4,8-9,11H2,1H3/t14-,16-/m1/s1. The van der Waals surface area contributed by atoms with E-state index in [4.69, 9.17) is 4.84 Å². The summed E-state index contributed by atoms with van der Waals surface area (Å²) in [6.07, 6.45) is 4.53. The molecule has 1 fully saturated rings. The summed E-state index contributed by atoms with van der Waals surface area (Å²) in [7, 11) is 0. The molecule has 5 heteroatoms. The number of oxime groups is 1. The maximum absolute atomic E-state index is 12.7. The van der Waals surface area contributed by atoms with Crippen LogP contribution >= 0.6 is 15.9 Å². The summed E-state index contributed by atoms with van der Waals surface area (Å²) in [5.74, 6) is 0.0975. The van der Waals surface area contributed by atoms with Crippen LogP contribution < -0.4 is 0 Å². The third-order valence-corrected chi connectivity index (χ3v) is 4.98. The van der Waals surface area contributed by atoms with Crippen LogP contribution in [-0.4, -0.2) is 35.2 Å². The average Bonchev–Trinajstić information content (AvgIpc) is 3.04. The Hall–Kier alpha value is -1.36. The van der Waals surface area contributed by atoms with Crippen molar-refractivity contribution >= 4 is 27.5 Å². The Balaban J connectivity index is 1.67. The molecule has 0 unspecified atom stereocenters. The van der Waals surface area contributed by atoms with Gasteiger partial charge in [-0.2, -0.15) is 0 Å². The van der Waals surface area contributed by atoms with Crippen molar-refractivity contribution in [3.63, 3.8) is 0 Å². The number of nitrogens with zero attached hydrogens (tertiary/aromatic N) is 2. The molecular formula is C17H21BrN2O2. The van der Waals surface area contributed by atoms with Gasteiger partial charge in [-0.1, -0.05) is 40.1 Å². The van der Waals surface area contributed by atoms with Crippen LogP contribution in [0.2, 0.25) is 0 Å². The Morgan fingerprint density at radius 2 is 2.32 bits per heavy atom. The van der Waals surface area contributed by atoms with Gasteiger partial charge >= 0.3 is 0 Å². The predicted molar refractivity (Wildman–Crippen MR) is 89.8 cm³/mol. The van der Waals surface area contributed by atoms with Crippen LogP contribution in [0, 0.1) is 0 Å². The van der Waals surface area contributed by atoms with E-state index >= 15 is 0 Å². The lowest BCUT2D eigenvalue weighted by Crippen LogP contribution is -2.48. The van der Waals surface area contributed by atoms with Crippen molar-refractivity contribution in [2.24, 2.45) is 5.16 Å². The molecule has 0 spiro atoms. The number of rotatable bonds is 3. The van der Waals surface area contributed by atoms with E-state index < -0.39 is 6.10 Å². The van der Waals surface area contributed by atoms with Crippen LogP contribution in [0.4, 0.5) is 0 Å². The van der Waals surface area contributed by atoms with Crippen LogP contribution in [0.5, 0.6) is 0 Å². The normalized spacial score (nSPS) is 24.8. The van der Waals surface area contributed by atoms with Gasteiger partial charge in [0.2, 0.25) is 6.10 Å². The second-order valence-corrected chi connectivity index (χ2v) is 6.85. The van der Waals surface area contributed by atoms with Gasteiger partial charge in [-0.05, 0) is 37.8 Å². The van der Waals surface area contributed by atoms with Crippen LogP contribution in [0.1, 0.15) is 44.6 Å². The third-order valence-electron chi connectivity index (χ3n) is 4.48. The molecule has 118 valence electrons. The molecule has 22 heavy (non-hydrogen) atoms. The van der Waals surface area contributed by atoms with E-state index in [-0.39, 0.29) is 5.91 Å². The molecule has 1 aromatic rings. The van der Waals surface area contributed by atoms with Crippen molar-refractivity contribution in [3.05, 3.63) is 34.3 Å². The number of carbonyl (C=O) groups excluding carboxylic acids is 1. The first-order valence-electron chi connectivity index (χ1n) is 7.98. The number of amides is 1. The van der Waals surface area contributed by atoms with Gasteiger partial charge in [0, 0.05) is 29.0 Å². The van der Waals surface area contributed by atoms with Gasteiger partial charge in [-0.15, -0.1) is 0 Å². The molecule has 0 bridgehead atoms. The molecule has 2 aliphatic heterocycles. The maximum atomic E-state index is 12.7. The molecule has 2 aliphatic rings. The predicted octanol–water partition coefficient (Wildman–Crippen LogP) is 3.73. The van der Waals surface area contributed by atoms with Crippen LogP contribution in [0.25, 0.3) is 0 Å². The average molecular weight is 365 g/mol. The molecule has 1 saturated heterocycles. The molecule has 2 heterocycles. The number of carbonyl (C=O) groups is 1. The maximum Gasteiger partial charge on any atom is 0.267 e. The van der Waals surface area contributed by atoms with Gasteiger partial charge in [0.1, 0.15) is 0 Å². The smallest absolute Gasteiger partial charge is 0.267 e. The Kier molecular flexibility index (Phi) is 4.81. The van der Waals surface area contributed by atoms with Crippen molar-refractivity contribution in [2.45, 2.75) is 51.2 Å². The summed E-state index contributed by atoms with van der Waals surface area (Å²) in [5, 5.41) is 4.14. The van der Waals surface area contributed by atoms with E-state index in [2.05, 4.69) is 28.0 Å². The third kappa shape index (κ3) is 3.19. The molecule has 1 aromatic carbocycles. The lowest BCUT2D eigenvalue weighted by Gasteiger charge is -2.36. The summed E-state index contributed by atoms with van der Waals surface area (Å²) in [5.41, 5.74) is 1.86. The minimum atomic E-state index is -0.457. The number of benzene rings is 1. The van der Waals surface area contributed by atoms with E-state index in [1.165, 1.54) is 6.42 Å². The first-order valence-corrected chi connectivity index (χ1v) is 8.77. The SMILES string of the molecule is CC[C@@H]1CCCCN1C(=O)[C@H]1CC(c2cccc(Br)c2)=NO1. The molecule has 0 aliphatic carbocycles. The van der Waals surface area contributed by atoms with Crippen LogP contribution in [-0.2, 0) is 9.63 Å². The van der Waals surface area contributed by atoms with Crippen molar-refractivity contribution in [1.82, 2.24) is 4.90 Å². The van der Waals surface area contributed by atoms with Crippen LogP contribution in [0.15, 0.2) is 33.9 Å². The monoisotopic (exact) mass is 364 g/mol. The van der Waals surface area contributed by atoms with E-state index in [0.717, 1.165) is 41.6 Å². The largest absolute Gasteiger partial charge is 0.382 e. The summed E-state index contributed by atoms with van der Waals surface area (Å²) in [6.45, 7) is 3.00. The molecule has 3 rings (SSSR count). The van der Waals surface area contributed by atoms with E-state index in [1.54, 1.807) is 0 Å². The van der Waals surface area contributed by atoms with Crippen molar-refractivity contribution in [2.75, 3.05) is 6.54 Å². The Morgan fingerprint density at radius 1 is 1.45 bits per heavy atom. The zero-order chi connectivity index (χ0) is 15.5. The lowest BCUT2D eigenvalue weighted by molar-refractivity contribution is -0.146. The summed E-state index contributed by atoms with van der Waals surface area (Å²) in [4.78, 5) is 20.2. The highest BCUT2D eigenvalue weighted by Gasteiger charge is 2.35. The molecular weight excluding hydrogens is 344 g/mol. The molecule has 4 nitrogen and oxygen atoms in total. The van der Waals surface area contributed by atoms with Crippen molar-refractivity contribution < 1.29 is 9.63 Å². The fourth-order valence-corrected chi connectivity index (χ4v) is 3.65. The molecule has 0 saturated carbocycles. The Bertz CT molecular complexity index is 588. The molecule has 0 N–H and O–H groups in total. The summed E-state index contributed by atoms with van der Waals surface area (Å²) in [6, 6.07) is 8.30. The van der Waals surface area contributed by atoms with Gasteiger partial charge in [0.15, 0.2) is 0 Å². The number of hydrogen-bond donors (Lipinski definition) is 0. The molecule has 2 atom stereocenters. The number of hydrogen-bond acceptors (Lipinski definition) is 3. The van der Waals surface area contributed by atoms with Crippen molar-refractivity contribution in [1.29, 1.82) is 0 Å². The number of halogens is 1. The van der Waals surface area contributed by atoms with Crippen molar-refractivity contribution in [3.8, 4) is 0 Å². The van der Waals surface area contributed by atoms with Gasteiger partial charge in [-0.3, -0.25) is 4.79 Å². The lowest BCUT2D eigenvalue weighted by atomic mass is 9.98. The zero-order valence-corrected chi connectivity index (χ0v) is 14.4. The van der Waals surface area contributed by atoms with Gasteiger partial charge in [0.05, 0.1) is 5.71 Å². The zero-order valence-electron chi connectivity index (χ0n) is 12.8. The Labute approximate surface area is 139 Å². The fraction of sp³-hybridized carbons (Fsp3) is 0.529. The van der Waals surface area contributed by atoms with E-state index in [9.17, 15) is 4.79 Å². The quantitative estimate of drug-likeness (QED) is 0.819. The highest BCUT2D eigenvalue weighted by Crippen LogP contribution is 2.25. The first kappa shape index (κ1) is 15.5. The minimum absolute atomic E-state index is 0.0975. The second kappa shape index (κ2) is 6.82. The number of likely N-dealkylation sites (tertiary alicyclic amines) is 1. The Morgan fingerprint density at radius 3 is 3.09 bits per heavy atom. The highest BCUT2D eigenvalue weighted by atomic mass is 79.9. The fourth-order valence-electron chi connectivity index (χ4n) is 3.25. The van der Waals surface area contributed by atoms with Crippen LogP contribution in [0.3, 0.4) is 0 Å². The van der Waals surface area contributed by atoms with E-state index in [0.29, 0.717) is 12.5 Å². The minimum Gasteiger partial charge on any atom is -0.382 e. The number of piperidine rings is 1. The molecule has 0 radical (unpaired) electrons. The van der Waals surface area contributed by atoms with Gasteiger partial charge < -0.3 is 9.74 Å². The molecule has 1 amide bonds. The summed E-state index contributed by atoms with van der Waals surface area (Å²) >= 11 is 3.46. The first-order chi connectivity index (χ1) is 10.7. The van der Waals surface area contributed by atoms with Gasteiger partial charge in [0.25, 0.3) is 5.91 Å². The topological polar surface area (TPSA) is 41.9 Å². The summed E-state index contributed by atoms with van der Waals surface area (Å²) < 4.78 is 1.00. The highest BCUT2D eigenvalue weighted by molar-refractivity contribution is 9.10. The van der Waals surface area contributed by atoms with Gasteiger partial charge in [-0.25, -0.2) is 0 Å². The van der Waals surface area contributed by atoms with E-state index in [1.807, 2.05) is 29.2 Å².